The monoisotopic (exact) mass is 365 g/mol. The van der Waals surface area contributed by atoms with Crippen LogP contribution in [0, 0.1) is 0 Å². The molecule has 0 aromatic heterocycles. The van der Waals surface area contributed by atoms with Gasteiger partial charge in [-0.05, 0) is 74.2 Å². The van der Waals surface area contributed by atoms with E-state index in [1.807, 2.05) is 19.1 Å². The summed E-state index contributed by atoms with van der Waals surface area (Å²) < 4.78 is 0. The molecule has 0 atom stereocenters. The summed E-state index contributed by atoms with van der Waals surface area (Å²) in [7, 11) is 0. The van der Waals surface area contributed by atoms with Gasteiger partial charge in [0, 0.05) is 42.1 Å². The molecule has 5 heteroatoms. The van der Waals surface area contributed by atoms with Gasteiger partial charge in [-0.2, -0.15) is 0 Å². The number of hydrogen-bond acceptors (Lipinski definition) is 3. The number of benzene rings is 2. The Kier molecular flexibility index (Phi) is 6.47. The van der Waals surface area contributed by atoms with Gasteiger partial charge in [0.2, 0.25) is 0 Å². The second-order valence-electron chi connectivity index (χ2n) is 6.92. The van der Waals surface area contributed by atoms with Crippen molar-refractivity contribution in [3.05, 3.63) is 54.1 Å². The van der Waals surface area contributed by atoms with Gasteiger partial charge in [0.25, 0.3) is 0 Å². The number of amides is 2. The predicted molar refractivity (Wildman–Crippen MR) is 111 cm³/mol. The van der Waals surface area contributed by atoms with E-state index in [-0.39, 0.29) is 11.8 Å². The largest absolute Gasteiger partial charge is 0.372 e. The summed E-state index contributed by atoms with van der Waals surface area (Å²) in [5.41, 5.74) is 3.29. The molecule has 1 saturated heterocycles. The van der Waals surface area contributed by atoms with Gasteiger partial charge in [0.05, 0.1) is 0 Å². The number of ketones is 1. The molecule has 1 fully saturated rings. The molecule has 2 aromatic carbocycles. The van der Waals surface area contributed by atoms with Crippen LogP contribution >= 0.6 is 0 Å². The quantitative estimate of drug-likeness (QED) is 0.683. The number of carbonyl (C=O) groups excluding carboxylic acids is 2. The second kappa shape index (κ2) is 9.21. The Balaban J connectivity index is 1.53. The van der Waals surface area contributed by atoms with Crippen LogP contribution in [0.2, 0.25) is 0 Å². The van der Waals surface area contributed by atoms with Crippen molar-refractivity contribution in [1.29, 1.82) is 0 Å². The molecule has 1 aliphatic heterocycles. The fraction of sp³-hybridized carbons (Fsp3) is 0.364. The Bertz CT molecular complexity index is 763. The topological polar surface area (TPSA) is 61.4 Å². The molecule has 2 amide bonds. The minimum atomic E-state index is -0.298. The molecule has 5 nitrogen and oxygen atoms in total. The standard InChI is InChI=1S/C22H27N3O2/c1-2-6-21(26)17-7-9-18(10-8-17)23-22(27)24-19-11-13-20(14-12-19)25-15-4-3-5-16-25/h7-14H,2-6,15-16H2,1H3,(H2,23,24,27). The number of rotatable bonds is 6. The molecule has 0 aliphatic carbocycles. The van der Waals surface area contributed by atoms with E-state index in [1.54, 1.807) is 24.3 Å². The predicted octanol–water partition coefficient (Wildman–Crippen LogP) is 5.30. The van der Waals surface area contributed by atoms with Crippen LogP contribution in [0.5, 0.6) is 0 Å². The number of nitrogens with one attached hydrogen (secondary N) is 2. The molecule has 1 heterocycles. The maximum atomic E-state index is 12.2. The highest BCUT2D eigenvalue weighted by Gasteiger charge is 2.11. The highest BCUT2D eigenvalue weighted by atomic mass is 16.2. The summed E-state index contributed by atoms with van der Waals surface area (Å²) in [5, 5.41) is 5.64. The molecule has 142 valence electrons. The zero-order valence-electron chi connectivity index (χ0n) is 15.8. The van der Waals surface area contributed by atoms with E-state index in [9.17, 15) is 9.59 Å². The van der Waals surface area contributed by atoms with Crippen LogP contribution in [-0.4, -0.2) is 24.9 Å². The van der Waals surface area contributed by atoms with Crippen molar-refractivity contribution < 1.29 is 9.59 Å². The van der Waals surface area contributed by atoms with Gasteiger partial charge >= 0.3 is 6.03 Å². The molecule has 2 aromatic rings. The van der Waals surface area contributed by atoms with Gasteiger partial charge < -0.3 is 15.5 Å². The van der Waals surface area contributed by atoms with Crippen molar-refractivity contribution >= 4 is 28.9 Å². The van der Waals surface area contributed by atoms with Gasteiger partial charge in [0.1, 0.15) is 0 Å². The molecule has 2 N–H and O–H groups in total. The van der Waals surface area contributed by atoms with E-state index in [2.05, 4.69) is 27.7 Å². The summed E-state index contributed by atoms with van der Waals surface area (Å²) in [6, 6.07) is 14.7. The van der Waals surface area contributed by atoms with Gasteiger partial charge in [0.15, 0.2) is 5.78 Å². The summed E-state index contributed by atoms with van der Waals surface area (Å²) in [6.07, 6.45) is 5.17. The molecular weight excluding hydrogens is 338 g/mol. The molecular formula is C22H27N3O2. The maximum Gasteiger partial charge on any atom is 0.323 e. The lowest BCUT2D eigenvalue weighted by molar-refractivity contribution is 0.0982. The van der Waals surface area contributed by atoms with Crippen LogP contribution in [0.1, 0.15) is 49.4 Å². The minimum absolute atomic E-state index is 0.127. The molecule has 0 unspecified atom stereocenters. The van der Waals surface area contributed by atoms with Crippen molar-refractivity contribution in [2.75, 3.05) is 28.6 Å². The van der Waals surface area contributed by atoms with E-state index < -0.39 is 0 Å². The third kappa shape index (κ3) is 5.33. The first-order valence-corrected chi connectivity index (χ1v) is 9.72. The van der Waals surface area contributed by atoms with Crippen LogP contribution in [0.25, 0.3) is 0 Å². The van der Waals surface area contributed by atoms with Crippen molar-refractivity contribution in [2.24, 2.45) is 0 Å². The second-order valence-corrected chi connectivity index (χ2v) is 6.92. The van der Waals surface area contributed by atoms with E-state index >= 15 is 0 Å². The van der Waals surface area contributed by atoms with Crippen molar-refractivity contribution in [1.82, 2.24) is 0 Å². The molecule has 0 spiro atoms. The van der Waals surface area contributed by atoms with Gasteiger partial charge in [-0.25, -0.2) is 4.79 Å². The lowest BCUT2D eigenvalue weighted by Gasteiger charge is -2.28. The third-order valence-corrected chi connectivity index (χ3v) is 4.79. The molecule has 3 rings (SSSR count). The van der Waals surface area contributed by atoms with Crippen LogP contribution < -0.4 is 15.5 Å². The van der Waals surface area contributed by atoms with Crippen molar-refractivity contribution in [3.63, 3.8) is 0 Å². The molecule has 27 heavy (non-hydrogen) atoms. The molecule has 0 bridgehead atoms. The first-order valence-electron chi connectivity index (χ1n) is 9.72. The van der Waals surface area contributed by atoms with Gasteiger partial charge in [-0.1, -0.05) is 6.92 Å². The van der Waals surface area contributed by atoms with Crippen LogP contribution in [0.4, 0.5) is 21.9 Å². The lowest BCUT2D eigenvalue weighted by atomic mass is 10.1. The zero-order valence-corrected chi connectivity index (χ0v) is 15.8. The summed E-state index contributed by atoms with van der Waals surface area (Å²) >= 11 is 0. The number of piperidine rings is 1. The van der Waals surface area contributed by atoms with E-state index in [0.717, 1.165) is 25.2 Å². The third-order valence-electron chi connectivity index (χ3n) is 4.79. The number of Topliss-reactive ketones (excluding diaryl/α,β-unsaturated/α-hetero) is 1. The van der Waals surface area contributed by atoms with E-state index in [1.165, 1.54) is 24.9 Å². The lowest BCUT2D eigenvalue weighted by Crippen LogP contribution is -2.29. The first kappa shape index (κ1) is 19.0. The highest BCUT2D eigenvalue weighted by molar-refractivity contribution is 6.00. The first-order chi connectivity index (χ1) is 13.2. The van der Waals surface area contributed by atoms with Crippen LogP contribution in [-0.2, 0) is 0 Å². The number of nitrogens with zero attached hydrogens (tertiary/aromatic N) is 1. The Hall–Kier alpha value is -2.82. The zero-order chi connectivity index (χ0) is 19.1. The summed E-state index contributed by atoms with van der Waals surface area (Å²) in [4.78, 5) is 26.4. The fourth-order valence-corrected chi connectivity index (χ4v) is 3.31. The van der Waals surface area contributed by atoms with Crippen molar-refractivity contribution in [2.45, 2.75) is 39.0 Å². The number of hydrogen-bond donors (Lipinski definition) is 2. The van der Waals surface area contributed by atoms with E-state index in [0.29, 0.717) is 17.7 Å². The molecule has 0 saturated carbocycles. The normalized spacial score (nSPS) is 13.9. The Labute approximate surface area is 160 Å². The number of carbonyl (C=O) groups is 2. The number of urea groups is 1. The fourth-order valence-electron chi connectivity index (χ4n) is 3.31. The maximum absolute atomic E-state index is 12.2. The smallest absolute Gasteiger partial charge is 0.323 e. The summed E-state index contributed by atoms with van der Waals surface area (Å²) in [5.74, 6) is 0.127. The Morgan fingerprint density at radius 3 is 1.96 bits per heavy atom. The molecule has 1 aliphatic rings. The molecule has 0 radical (unpaired) electrons. The highest BCUT2D eigenvalue weighted by Crippen LogP contribution is 2.22. The minimum Gasteiger partial charge on any atom is -0.372 e. The SMILES string of the molecule is CCCC(=O)c1ccc(NC(=O)Nc2ccc(N3CCCCC3)cc2)cc1. The average molecular weight is 365 g/mol. The Morgan fingerprint density at radius 2 is 1.41 bits per heavy atom. The van der Waals surface area contributed by atoms with Gasteiger partial charge in [-0.15, -0.1) is 0 Å². The van der Waals surface area contributed by atoms with Crippen LogP contribution in [0.15, 0.2) is 48.5 Å². The van der Waals surface area contributed by atoms with Crippen LogP contribution in [0.3, 0.4) is 0 Å². The Morgan fingerprint density at radius 1 is 0.852 bits per heavy atom. The summed E-state index contributed by atoms with van der Waals surface area (Å²) in [6.45, 7) is 4.19. The average Bonchev–Trinajstić information content (AvgIpc) is 2.70. The van der Waals surface area contributed by atoms with Crippen molar-refractivity contribution in [3.8, 4) is 0 Å². The van der Waals surface area contributed by atoms with Gasteiger partial charge in [-0.3, -0.25) is 4.79 Å². The number of anilines is 3. The van der Waals surface area contributed by atoms with E-state index in [4.69, 9.17) is 0 Å².